The second-order valence-corrected chi connectivity index (χ2v) is 8.05. The van der Waals surface area contributed by atoms with Crippen LogP contribution in [0.25, 0.3) is 0 Å². The van der Waals surface area contributed by atoms with Gasteiger partial charge in [-0.05, 0) is 35.2 Å². The number of rotatable bonds is 4. The lowest BCUT2D eigenvalue weighted by atomic mass is 9.81. The predicted octanol–water partition coefficient (Wildman–Crippen LogP) is 2.00. The average molecular weight is 347 g/mol. The summed E-state index contributed by atoms with van der Waals surface area (Å²) in [5.74, 6) is 0.132. The highest BCUT2D eigenvalue weighted by Gasteiger charge is 2.48. The van der Waals surface area contributed by atoms with E-state index in [1.165, 1.54) is 5.56 Å². The summed E-state index contributed by atoms with van der Waals surface area (Å²) in [4.78, 5) is 31.4. The Morgan fingerprint density at radius 2 is 1.58 bits per heavy atom. The Morgan fingerprint density at radius 1 is 0.958 bits per heavy atom. The zero-order valence-corrected chi connectivity index (χ0v) is 14.8. The Bertz CT molecular complexity index is 571. The number of carbonyl (C=O) groups is 2. The quantitative estimate of drug-likeness (QED) is 0.782. The molecule has 1 aliphatic carbocycles. The van der Waals surface area contributed by atoms with Crippen LogP contribution in [0, 0.1) is 11.8 Å². The third-order valence-electron chi connectivity index (χ3n) is 5.73. The first kappa shape index (κ1) is 16.2. The average Bonchev–Trinajstić information content (AvgIpc) is 3.20. The van der Waals surface area contributed by atoms with Gasteiger partial charge in [-0.1, -0.05) is 12.8 Å². The van der Waals surface area contributed by atoms with E-state index in [4.69, 9.17) is 0 Å². The number of carbonyl (C=O) groups excluding carboxylic acids is 2. The lowest BCUT2D eigenvalue weighted by molar-refractivity contribution is -0.142. The lowest BCUT2D eigenvalue weighted by Crippen LogP contribution is -2.51. The molecule has 3 heterocycles. The summed E-state index contributed by atoms with van der Waals surface area (Å²) in [6, 6.07) is 2.18. The maximum atomic E-state index is 12.6. The van der Waals surface area contributed by atoms with E-state index in [1.54, 1.807) is 16.2 Å². The molecule has 0 N–H and O–H groups in total. The van der Waals surface area contributed by atoms with Crippen molar-refractivity contribution in [3.63, 3.8) is 0 Å². The van der Waals surface area contributed by atoms with Crippen LogP contribution in [0.15, 0.2) is 16.8 Å². The van der Waals surface area contributed by atoms with Crippen LogP contribution in [-0.4, -0.2) is 59.4 Å². The predicted molar refractivity (Wildman–Crippen MR) is 93.3 cm³/mol. The zero-order valence-electron chi connectivity index (χ0n) is 14.0. The van der Waals surface area contributed by atoms with Gasteiger partial charge in [-0.2, -0.15) is 11.3 Å². The Morgan fingerprint density at radius 3 is 2.17 bits per heavy atom. The summed E-state index contributed by atoms with van der Waals surface area (Å²) in [5.41, 5.74) is 1.38. The molecule has 3 aliphatic rings. The van der Waals surface area contributed by atoms with Crippen molar-refractivity contribution < 1.29 is 9.59 Å². The van der Waals surface area contributed by atoms with Crippen LogP contribution in [0.5, 0.6) is 0 Å². The van der Waals surface area contributed by atoms with Crippen LogP contribution in [0.1, 0.15) is 31.2 Å². The van der Waals surface area contributed by atoms with Gasteiger partial charge in [0.1, 0.15) is 0 Å². The van der Waals surface area contributed by atoms with Gasteiger partial charge in [-0.15, -0.1) is 0 Å². The molecule has 0 aromatic carbocycles. The molecule has 3 fully saturated rings. The minimum atomic E-state index is -0.0221. The Balaban J connectivity index is 1.30. The van der Waals surface area contributed by atoms with Gasteiger partial charge in [-0.25, -0.2) is 0 Å². The fourth-order valence-electron chi connectivity index (χ4n) is 4.30. The second kappa shape index (κ2) is 6.94. The Labute approximate surface area is 147 Å². The van der Waals surface area contributed by atoms with Gasteiger partial charge in [-0.3, -0.25) is 24.3 Å². The van der Waals surface area contributed by atoms with Crippen LogP contribution < -0.4 is 0 Å². The van der Waals surface area contributed by atoms with Crippen LogP contribution in [0.4, 0.5) is 0 Å². The van der Waals surface area contributed by atoms with Crippen molar-refractivity contribution in [1.82, 2.24) is 14.7 Å². The van der Waals surface area contributed by atoms with Gasteiger partial charge in [0.25, 0.3) is 0 Å². The molecule has 0 unspecified atom stereocenters. The van der Waals surface area contributed by atoms with Crippen molar-refractivity contribution in [3.05, 3.63) is 22.4 Å². The first-order valence-electron chi connectivity index (χ1n) is 9.03. The molecular weight excluding hydrogens is 322 g/mol. The Kier molecular flexibility index (Phi) is 4.70. The summed E-state index contributed by atoms with van der Waals surface area (Å²) in [7, 11) is 0. The molecule has 2 saturated heterocycles. The molecule has 1 saturated carbocycles. The highest BCUT2D eigenvalue weighted by Crippen LogP contribution is 2.38. The van der Waals surface area contributed by atoms with E-state index in [0.717, 1.165) is 58.4 Å². The summed E-state index contributed by atoms with van der Waals surface area (Å²) < 4.78 is 0. The van der Waals surface area contributed by atoms with Crippen molar-refractivity contribution in [2.75, 3.05) is 32.8 Å². The standard InChI is InChI=1S/C18H25N3O2S/c22-17-15-3-1-2-4-16(15)18(23)21(17)13-20-8-6-19(7-9-20)11-14-5-10-24-12-14/h5,10,12,15-16H,1-4,6-9,11,13H2/t15-,16+. The number of hydrogen-bond donors (Lipinski definition) is 0. The molecule has 1 aromatic heterocycles. The van der Waals surface area contributed by atoms with Gasteiger partial charge >= 0.3 is 0 Å². The lowest BCUT2D eigenvalue weighted by Gasteiger charge is -2.36. The van der Waals surface area contributed by atoms with Crippen LogP contribution in [0.2, 0.25) is 0 Å². The minimum absolute atomic E-state index is 0.0221. The highest BCUT2D eigenvalue weighted by atomic mass is 32.1. The number of hydrogen-bond acceptors (Lipinski definition) is 5. The number of likely N-dealkylation sites (tertiary alicyclic amines) is 1. The number of thiophene rings is 1. The van der Waals surface area contributed by atoms with Crippen molar-refractivity contribution in [2.24, 2.45) is 11.8 Å². The molecule has 130 valence electrons. The molecule has 1 aromatic rings. The maximum absolute atomic E-state index is 12.6. The molecular formula is C18H25N3O2S. The molecule has 2 amide bonds. The number of imide groups is 1. The summed E-state index contributed by atoms with van der Waals surface area (Å²) in [6.45, 7) is 5.35. The van der Waals surface area contributed by atoms with Gasteiger partial charge < -0.3 is 0 Å². The first-order chi connectivity index (χ1) is 11.7. The van der Waals surface area contributed by atoms with Crippen LogP contribution >= 0.6 is 11.3 Å². The van der Waals surface area contributed by atoms with E-state index in [0.29, 0.717) is 6.67 Å². The fraction of sp³-hybridized carbons (Fsp3) is 0.667. The van der Waals surface area contributed by atoms with Crippen molar-refractivity contribution in [1.29, 1.82) is 0 Å². The smallest absolute Gasteiger partial charge is 0.234 e. The van der Waals surface area contributed by atoms with Gasteiger partial charge in [0.15, 0.2) is 0 Å². The number of nitrogens with zero attached hydrogens (tertiary/aromatic N) is 3. The molecule has 0 bridgehead atoms. The maximum Gasteiger partial charge on any atom is 0.234 e. The molecule has 6 heteroatoms. The fourth-order valence-corrected chi connectivity index (χ4v) is 4.96. The zero-order chi connectivity index (χ0) is 16.5. The van der Waals surface area contributed by atoms with Crippen molar-refractivity contribution in [3.8, 4) is 0 Å². The number of fused-ring (bicyclic) bond motifs is 1. The van der Waals surface area contributed by atoms with Gasteiger partial charge in [0.05, 0.1) is 18.5 Å². The third-order valence-corrected chi connectivity index (χ3v) is 6.46. The van der Waals surface area contributed by atoms with E-state index in [-0.39, 0.29) is 23.7 Å². The molecule has 5 nitrogen and oxygen atoms in total. The van der Waals surface area contributed by atoms with Crippen molar-refractivity contribution in [2.45, 2.75) is 32.2 Å². The van der Waals surface area contributed by atoms with Crippen LogP contribution in [-0.2, 0) is 16.1 Å². The van der Waals surface area contributed by atoms with Gasteiger partial charge in [0.2, 0.25) is 11.8 Å². The first-order valence-corrected chi connectivity index (χ1v) is 9.97. The SMILES string of the molecule is O=C1[C@H]2CCCC[C@H]2C(=O)N1CN1CCN(Cc2ccsc2)CC1. The normalized spacial score (nSPS) is 29.2. The van der Waals surface area contributed by atoms with Gasteiger partial charge in [0, 0.05) is 32.7 Å². The minimum Gasteiger partial charge on any atom is -0.297 e. The van der Waals surface area contributed by atoms with Crippen LogP contribution in [0.3, 0.4) is 0 Å². The molecule has 0 radical (unpaired) electrons. The number of amides is 2. The van der Waals surface area contributed by atoms with E-state index in [1.807, 2.05) is 0 Å². The number of piperazine rings is 1. The molecule has 0 spiro atoms. The van der Waals surface area contributed by atoms with E-state index < -0.39 is 0 Å². The molecule has 4 rings (SSSR count). The highest BCUT2D eigenvalue weighted by molar-refractivity contribution is 7.07. The topological polar surface area (TPSA) is 43.9 Å². The molecule has 2 aliphatic heterocycles. The summed E-state index contributed by atoms with van der Waals surface area (Å²) in [5, 5.41) is 4.32. The van der Waals surface area contributed by atoms with E-state index in [9.17, 15) is 9.59 Å². The third kappa shape index (κ3) is 3.15. The van der Waals surface area contributed by atoms with E-state index in [2.05, 4.69) is 26.6 Å². The second-order valence-electron chi connectivity index (χ2n) is 7.27. The summed E-state index contributed by atoms with van der Waals surface area (Å²) in [6.07, 6.45) is 3.99. The Hall–Kier alpha value is -1.24. The molecule has 24 heavy (non-hydrogen) atoms. The summed E-state index contributed by atoms with van der Waals surface area (Å²) >= 11 is 1.74. The van der Waals surface area contributed by atoms with E-state index >= 15 is 0 Å². The molecule has 2 atom stereocenters. The largest absolute Gasteiger partial charge is 0.297 e. The van der Waals surface area contributed by atoms with Crippen molar-refractivity contribution >= 4 is 23.2 Å². The monoisotopic (exact) mass is 347 g/mol.